The molecule has 1 aromatic rings. The second-order valence-corrected chi connectivity index (χ2v) is 5.25. The highest BCUT2D eigenvalue weighted by Gasteiger charge is 2.09. The molecule has 0 aliphatic rings. The Bertz CT molecular complexity index is 410. The van der Waals surface area contributed by atoms with Crippen molar-refractivity contribution in [1.82, 2.24) is 10.2 Å². The topological polar surface area (TPSA) is 101 Å². The number of amides is 1. The van der Waals surface area contributed by atoms with Gasteiger partial charge in [-0.1, -0.05) is 23.1 Å². The van der Waals surface area contributed by atoms with E-state index in [4.69, 9.17) is 9.84 Å². The van der Waals surface area contributed by atoms with Crippen LogP contribution in [-0.2, 0) is 14.3 Å². The van der Waals surface area contributed by atoms with Crippen molar-refractivity contribution in [1.29, 1.82) is 0 Å². The van der Waals surface area contributed by atoms with E-state index in [0.717, 1.165) is 23.1 Å². The molecule has 7 nitrogen and oxygen atoms in total. The molecule has 1 rings (SSSR count). The molecular formula is C9H13N3O4S2. The van der Waals surface area contributed by atoms with E-state index in [-0.39, 0.29) is 18.1 Å². The molecule has 0 aromatic carbocycles. The van der Waals surface area contributed by atoms with E-state index in [1.165, 1.54) is 0 Å². The van der Waals surface area contributed by atoms with Crippen LogP contribution in [0, 0.1) is 0 Å². The lowest BCUT2D eigenvalue weighted by atomic mass is 10.4. The lowest BCUT2D eigenvalue weighted by molar-refractivity contribution is -0.133. The van der Waals surface area contributed by atoms with Crippen LogP contribution in [0.5, 0.6) is 0 Å². The van der Waals surface area contributed by atoms with E-state index in [1.807, 2.05) is 6.92 Å². The van der Waals surface area contributed by atoms with Crippen molar-refractivity contribution in [2.45, 2.75) is 17.7 Å². The van der Waals surface area contributed by atoms with Gasteiger partial charge in [0, 0.05) is 6.61 Å². The third kappa shape index (κ3) is 5.94. The quantitative estimate of drug-likeness (QED) is 0.420. The molecule has 1 aromatic heterocycles. The second kappa shape index (κ2) is 8.01. The summed E-state index contributed by atoms with van der Waals surface area (Å²) in [5, 5.41) is 18.9. The van der Waals surface area contributed by atoms with E-state index in [2.05, 4.69) is 15.5 Å². The van der Waals surface area contributed by atoms with Gasteiger partial charge in [0.1, 0.15) is 0 Å². The zero-order valence-electron chi connectivity index (χ0n) is 9.71. The van der Waals surface area contributed by atoms with Gasteiger partial charge in [-0.05, 0) is 6.92 Å². The first-order valence-electron chi connectivity index (χ1n) is 5.17. The summed E-state index contributed by atoms with van der Waals surface area (Å²) in [5.74, 6) is -1.20. The Morgan fingerprint density at radius 1 is 1.50 bits per heavy atom. The molecule has 0 atom stereocenters. The number of nitrogens with zero attached hydrogens (tertiary/aromatic N) is 2. The molecule has 0 spiro atoms. The van der Waals surface area contributed by atoms with Crippen molar-refractivity contribution in [2.24, 2.45) is 0 Å². The smallest absolute Gasteiger partial charge is 0.313 e. The van der Waals surface area contributed by atoms with E-state index < -0.39 is 5.97 Å². The number of carboxylic acid groups (broad SMARTS) is 1. The Hall–Kier alpha value is -1.19. The fourth-order valence-corrected chi connectivity index (χ4v) is 2.42. The van der Waals surface area contributed by atoms with Crippen LogP contribution >= 0.6 is 23.1 Å². The molecule has 0 bridgehead atoms. The first-order chi connectivity index (χ1) is 8.61. The lowest BCUT2D eigenvalue weighted by Crippen LogP contribution is -2.13. The molecule has 100 valence electrons. The van der Waals surface area contributed by atoms with E-state index in [9.17, 15) is 9.59 Å². The molecule has 1 amide bonds. The maximum atomic E-state index is 11.4. The number of rotatable bonds is 8. The summed E-state index contributed by atoms with van der Waals surface area (Å²) in [7, 11) is 0. The van der Waals surface area contributed by atoms with Crippen molar-refractivity contribution >= 4 is 40.1 Å². The Balaban J connectivity index is 2.34. The van der Waals surface area contributed by atoms with Crippen LogP contribution in [0.4, 0.5) is 5.13 Å². The Labute approximate surface area is 112 Å². The molecule has 0 aliphatic carbocycles. The zero-order chi connectivity index (χ0) is 13.4. The number of ether oxygens (including phenoxy) is 1. The number of carbonyl (C=O) groups is 2. The monoisotopic (exact) mass is 291 g/mol. The molecule has 9 heteroatoms. The molecule has 2 N–H and O–H groups in total. The molecule has 0 aliphatic heterocycles. The van der Waals surface area contributed by atoms with Crippen LogP contribution in [0.2, 0.25) is 0 Å². The van der Waals surface area contributed by atoms with Gasteiger partial charge < -0.3 is 15.2 Å². The second-order valence-electron chi connectivity index (χ2n) is 3.05. The average Bonchev–Trinajstić information content (AvgIpc) is 2.74. The van der Waals surface area contributed by atoms with Gasteiger partial charge in [0.25, 0.3) is 0 Å². The van der Waals surface area contributed by atoms with Crippen LogP contribution in [0.15, 0.2) is 4.34 Å². The van der Waals surface area contributed by atoms with Gasteiger partial charge in [0.2, 0.25) is 11.0 Å². The Morgan fingerprint density at radius 3 is 2.94 bits per heavy atom. The number of carbonyl (C=O) groups excluding carboxylic acids is 1. The van der Waals surface area contributed by atoms with E-state index in [1.54, 1.807) is 0 Å². The van der Waals surface area contributed by atoms with Gasteiger partial charge in [-0.25, -0.2) is 0 Å². The molecule has 0 saturated carbocycles. The van der Waals surface area contributed by atoms with Gasteiger partial charge in [-0.3, -0.25) is 9.59 Å². The number of anilines is 1. The average molecular weight is 291 g/mol. The highest BCUT2D eigenvalue weighted by molar-refractivity contribution is 8.01. The number of thioether (sulfide) groups is 1. The summed E-state index contributed by atoms with van der Waals surface area (Å²) in [6, 6.07) is 0. The summed E-state index contributed by atoms with van der Waals surface area (Å²) in [5.41, 5.74) is 0. The van der Waals surface area contributed by atoms with E-state index >= 15 is 0 Å². The van der Waals surface area contributed by atoms with Gasteiger partial charge in [-0.15, -0.1) is 10.2 Å². The third-order valence-corrected chi connectivity index (χ3v) is 3.61. The molecule has 0 saturated heterocycles. The molecule has 0 fully saturated rings. The number of hydrogen-bond acceptors (Lipinski definition) is 7. The molecular weight excluding hydrogens is 278 g/mol. The van der Waals surface area contributed by atoms with E-state index in [0.29, 0.717) is 22.7 Å². The predicted octanol–water partition coefficient (Wildman–Crippen LogP) is 1.08. The molecule has 0 radical (unpaired) electrons. The fraction of sp³-hybridized carbons (Fsp3) is 0.556. The van der Waals surface area contributed by atoms with Gasteiger partial charge >= 0.3 is 5.97 Å². The highest BCUT2D eigenvalue weighted by Crippen LogP contribution is 2.25. The fourth-order valence-electron chi connectivity index (χ4n) is 0.933. The normalized spacial score (nSPS) is 10.3. The molecule has 18 heavy (non-hydrogen) atoms. The molecule has 0 unspecified atom stereocenters. The van der Waals surface area contributed by atoms with Gasteiger partial charge in [0.15, 0.2) is 4.34 Å². The minimum Gasteiger partial charge on any atom is -0.481 e. The van der Waals surface area contributed by atoms with Crippen molar-refractivity contribution < 1.29 is 19.4 Å². The van der Waals surface area contributed by atoms with Crippen molar-refractivity contribution in [3.63, 3.8) is 0 Å². The standard InChI is InChI=1S/C9H13N3O4S2/c1-2-16-4-3-6(13)10-8-11-12-9(18-8)17-5-7(14)15/h2-5H2,1H3,(H,14,15)(H,10,11,13). The minimum atomic E-state index is -0.919. The lowest BCUT2D eigenvalue weighted by Gasteiger charge is -2.00. The number of aliphatic carboxylic acids is 1. The number of nitrogens with one attached hydrogen (secondary N) is 1. The van der Waals surface area contributed by atoms with Crippen LogP contribution in [0.1, 0.15) is 13.3 Å². The first-order valence-corrected chi connectivity index (χ1v) is 6.97. The Morgan fingerprint density at radius 2 is 2.28 bits per heavy atom. The van der Waals surface area contributed by atoms with Crippen LogP contribution in [0.3, 0.4) is 0 Å². The minimum absolute atomic E-state index is 0.0765. The summed E-state index contributed by atoms with van der Waals surface area (Å²) in [6.45, 7) is 2.79. The number of carboxylic acids is 1. The summed E-state index contributed by atoms with van der Waals surface area (Å²) in [6.07, 6.45) is 0.255. The third-order valence-electron chi connectivity index (χ3n) is 1.65. The van der Waals surface area contributed by atoms with Gasteiger partial charge in [0.05, 0.1) is 18.8 Å². The molecule has 1 heterocycles. The number of aromatic nitrogens is 2. The van der Waals surface area contributed by atoms with Crippen LogP contribution in [-0.4, -0.2) is 46.1 Å². The zero-order valence-corrected chi connectivity index (χ0v) is 11.3. The Kier molecular flexibility index (Phi) is 6.61. The highest BCUT2D eigenvalue weighted by atomic mass is 32.2. The summed E-state index contributed by atoms with van der Waals surface area (Å²) < 4.78 is 5.56. The predicted molar refractivity (Wildman–Crippen MR) is 68.0 cm³/mol. The van der Waals surface area contributed by atoms with Crippen molar-refractivity contribution in [3.8, 4) is 0 Å². The SMILES string of the molecule is CCOCCC(=O)Nc1nnc(SCC(=O)O)s1. The van der Waals surface area contributed by atoms with Crippen molar-refractivity contribution in [3.05, 3.63) is 0 Å². The summed E-state index contributed by atoms with van der Waals surface area (Å²) >= 11 is 2.21. The first kappa shape index (κ1) is 14.9. The summed E-state index contributed by atoms with van der Waals surface area (Å²) in [4.78, 5) is 21.8. The van der Waals surface area contributed by atoms with Crippen molar-refractivity contribution in [2.75, 3.05) is 24.3 Å². The van der Waals surface area contributed by atoms with Crippen LogP contribution < -0.4 is 5.32 Å². The maximum Gasteiger partial charge on any atom is 0.313 e. The van der Waals surface area contributed by atoms with Gasteiger partial charge in [-0.2, -0.15) is 0 Å². The number of hydrogen-bond donors (Lipinski definition) is 2. The largest absolute Gasteiger partial charge is 0.481 e. The maximum absolute atomic E-state index is 11.4. The van der Waals surface area contributed by atoms with Crippen LogP contribution in [0.25, 0.3) is 0 Å².